The van der Waals surface area contributed by atoms with Crippen LogP contribution >= 0.6 is 47.6 Å². The van der Waals surface area contributed by atoms with Crippen molar-refractivity contribution < 1.29 is 0 Å². The molecule has 5 heteroatoms. The molecule has 0 fully saturated rings. The molecule has 11 heavy (non-hydrogen) atoms. The number of halogens is 4. The number of para-hydroxylation sites is 1. The fourth-order valence-electron chi connectivity index (χ4n) is 0.589. The maximum absolute atomic E-state index is 5.71. The number of benzene rings is 1. The lowest BCUT2D eigenvalue weighted by molar-refractivity contribution is 1.58. The normalized spacial score (nSPS) is 8.64. The highest BCUT2D eigenvalue weighted by Gasteiger charge is 2.02. The molecule has 0 unspecified atom stereocenters. The average molecular weight is 233 g/mol. The molecule has 0 aromatic heterocycles. The van der Waals surface area contributed by atoms with Gasteiger partial charge in [0.25, 0.3) is 0 Å². The molecule has 0 aliphatic rings. The predicted molar refractivity (Wildman–Crippen MR) is 52.9 cm³/mol. The fraction of sp³-hybridized carbons (Fsp3) is 0. The van der Waals surface area contributed by atoms with Crippen LogP contribution < -0.4 is 3.94 Å². The van der Waals surface area contributed by atoms with Crippen LogP contribution in [0.1, 0.15) is 0 Å². The van der Waals surface area contributed by atoms with E-state index >= 15 is 0 Å². The van der Waals surface area contributed by atoms with Crippen molar-refractivity contribution in [2.45, 2.75) is 0 Å². The zero-order chi connectivity index (χ0) is 7.56. The van der Waals surface area contributed by atoms with Crippen molar-refractivity contribution in [2.75, 3.05) is 3.94 Å². The van der Waals surface area contributed by atoms with Crippen LogP contribution in [0.2, 0.25) is 5.02 Å². The monoisotopic (exact) mass is 231 g/mol. The Morgan fingerprint density at radius 2 is 1.64 bits per heavy atom. The molecule has 0 aliphatic heterocycles. The molecule has 0 radical (unpaired) electrons. The first-order valence-electron chi connectivity index (χ1n) is 2.58. The smallest absolute Gasteiger partial charge is 0.0895 e. The minimum absolute atomic E-state index is 0. The van der Waals surface area contributed by atoms with Gasteiger partial charge in [0.1, 0.15) is 0 Å². The minimum Gasteiger partial charge on any atom is -0.192 e. The third-order valence-corrected chi connectivity index (χ3v) is 1.72. The zero-order valence-electron chi connectivity index (χ0n) is 5.30. The first-order chi connectivity index (χ1) is 4.72. The van der Waals surface area contributed by atoms with Crippen molar-refractivity contribution in [1.29, 1.82) is 0 Å². The van der Waals surface area contributed by atoms with E-state index in [-0.39, 0.29) is 12.4 Å². The molecule has 0 saturated heterocycles. The Bertz CT molecular complexity index is 226. The molecule has 0 bridgehead atoms. The molecule has 0 heterocycles. The quantitative estimate of drug-likeness (QED) is 0.665. The molecule has 1 aromatic rings. The van der Waals surface area contributed by atoms with Gasteiger partial charge in [0.15, 0.2) is 0 Å². The van der Waals surface area contributed by atoms with E-state index in [0.29, 0.717) is 10.7 Å². The van der Waals surface area contributed by atoms with Crippen LogP contribution in [-0.2, 0) is 0 Å². The first-order valence-corrected chi connectivity index (χ1v) is 3.63. The maximum atomic E-state index is 5.71. The molecular formula is C6H5Cl4N. The van der Waals surface area contributed by atoms with Crippen molar-refractivity contribution in [3.63, 3.8) is 0 Å². The Morgan fingerprint density at radius 3 is 2.00 bits per heavy atom. The highest BCUT2D eigenvalue weighted by atomic mass is 35.5. The van der Waals surface area contributed by atoms with Crippen molar-refractivity contribution in [3.05, 3.63) is 29.3 Å². The van der Waals surface area contributed by atoms with E-state index < -0.39 is 0 Å². The summed E-state index contributed by atoms with van der Waals surface area (Å²) in [7, 11) is 0. The topological polar surface area (TPSA) is 3.24 Å². The van der Waals surface area contributed by atoms with Crippen LogP contribution in [0.4, 0.5) is 5.69 Å². The van der Waals surface area contributed by atoms with Gasteiger partial charge in [-0.1, -0.05) is 23.7 Å². The molecule has 0 spiro atoms. The van der Waals surface area contributed by atoms with E-state index in [9.17, 15) is 0 Å². The zero-order valence-corrected chi connectivity index (χ0v) is 8.38. The molecule has 0 atom stereocenters. The van der Waals surface area contributed by atoms with Gasteiger partial charge in [-0.15, -0.1) is 12.4 Å². The van der Waals surface area contributed by atoms with Crippen LogP contribution in [0.15, 0.2) is 24.3 Å². The molecule has 1 nitrogen and oxygen atoms in total. The van der Waals surface area contributed by atoms with E-state index in [2.05, 4.69) is 0 Å². The number of nitrogens with zero attached hydrogens (tertiary/aromatic N) is 1. The van der Waals surface area contributed by atoms with Crippen molar-refractivity contribution in [3.8, 4) is 0 Å². The summed E-state index contributed by atoms with van der Waals surface area (Å²) < 4.78 is 0.933. The molecule has 0 saturated carbocycles. The molecule has 0 aliphatic carbocycles. The summed E-state index contributed by atoms with van der Waals surface area (Å²) in [4.78, 5) is 0. The van der Waals surface area contributed by atoms with Crippen LogP contribution in [-0.4, -0.2) is 0 Å². The van der Waals surface area contributed by atoms with E-state index in [0.717, 1.165) is 3.94 Å². The van der Waals surface area contributed by atoms with Gasteiger partial charge >= 0.3 is 0 Å². The van der Waals surface area contributed by atoms with Crippen LogP contribution in [0.5, 0.6) is 0 Å². The van der Waals surface area contributed by atoms with Gasteiger partial charge in [-0.05, 0) is 12.1 Å². The second-order valence-electron chi connectivity index (χ2n) is 1.68. The first kappa shape index (κ1) is 11.2. The summed E-state index contributed by atoms with van der Waals surface area (Å²) in [5.74, 6) is 0. The molecule has 0 N–H and O–H groups in total. The lowest BCUT2D eigenvalue weighted by Crippen LogP contribution is -1.91. The number of rotatable bonds is 1. The van der Waals surface area contributed by atoms with Gasteiger partial charge in [-0.3, -0.25) is 0 Å². The third kappa shape index (κ3) is 2.96. The Kier molecular flexibility index (Phi) is 5.02. The van der Waals surface area contributed by atoms with Crippen molar-refractivity contribution in [2.24, 2.45) is 0 Å². The molecule has 62 valence electrons. The van der Waals surface area contributed by atoms with Crippen LogP contribution in [0, 0.1) is 0 Å². The Morgan fingerprint density at radius 1 is 1.09 bits per heavy atom. The lowest BCUT2D eigenvalue weighted by Gasteiger charge is -2.05. The van der Waals surface area contributed by atoms with Crippen molar-refractivity contribution >= 4 is 53.2 Å². The molecule has 1 rings (SSSR count). The lowest BCUT2D eigenvalue weighted by atomic mass is 10.3. The number of hydrogen-bond donors (Lipinski definition) is 0. The Labute approximate surface area is 86.5 Å². The largest absolute Gasteiger partial charge is 0.192 e. The van der Waals surface area contributed by atoms with Gasteiger partial charge in [0.2, 0.25) is 0 Å². The van der Waals surface area contributed by atoms with E-state index in [1.165, 1.54) is 0 Å². The van der Waals surface area contributed by atoms with Gasteiger partial charge in [-0.2, -0.15) is 3.94 Å². The highest BCUT2D eigenvalue weighted by molar-refractivity contribution is 6.51. The molecular weight excluding hydrogens is 228 g/mol. The minimum atomic E-state index is 0. The summed E-state index contributed by atoms with van der Waals surface area (Å²) in [5.41, 5.74) is 0.590. The SMILES string of the molecule is Cl.Clc1ccccc1N(Cl)Cl. The summed E-state index contributed by atoms with van der Waals surface area (Å²) in [6.07, 6.45) is 0. The Hall–Kier alpha value is 0.180. The Balaban J connectivity index is 0.000001000. The summed E-state index contributed by atoms with van der Waals surface area (Å²) in [6, 6.07) is 7.05. The van der Waals surface area contributed by atoms with Gasteiger partial charge in [0.05, 0.1) is 10.7 Å². The maximum Gasteiger partial charge on any atom is 0.0895 e. The van der Waals surface area contributed by atoms with Gasteiger partial charge < -0.3 is 0 Å². The van der Waals surface area contributed by atoms with Crippen LogP contribution in [0.25, 0.3) is 0 Å². The summed E-state index contributed by atoms with van der Waals surface area (Å²) >= 11 is 16.6. The van der Waals surface area contributed by atoms with Crippen LogP contribution in [0.3, 0.4) is 0 Å². The average Bonchev–Trinajstić information content (AvgIpc) is 1.88. The molecule has 1 aromatic carbocycles. The van der Waals surface area contributed by atoms with E-state index in [1.807, 2.05) is 6.07 Å². The fourth-order valence-corrected chi connectivity index (χ4v) is 1.19. The molecule has 0 amide bonds. The second kappa shape index (κ2) is 4.94. The summed E-state index contributed by atoms with van der Waals surface area (Å²) in [5, 5.41) is 0.535. The highest BCUT2D eigenvalue weighted by Crippen LogP contribution is 2.27. The number of anilines is 1. The van der Waals surface area contributed by atoms with Gasteiger partial charge in [0, 0.05) is 23.6 Å². The summed E-state index contributed by atoms with van der Waals surface area (Å²) in [6.45, 7) is 0. The second-order valence-corrected chi connectivity index (χ2v) is 2.94. The van der Waals surface area contributed by atoms with Gasteiger partial charge in [-0.25, -0.2) is 0 Å². The van der Waals surface area contributed by atoms with E-state index in [4.69, 9.17) is 35.2 Å². The predicted octanol–water partition coefficient (Wildman–Crippen LogP) is 3.88. The van der Waals surface area contributed by atoms with E-state index in [1.54, 1.807) is 18.2 Å². The third-order valence-electron chi connectivity index (χ3n) is 1.03. The standard InChI is InChI=1S/C6H4Cl3N.ClH/c7-5-3-1-2-4-6(5)10(8)9;/h1-4H;1H. The number of hydrogen-bond acceptors (Lipinski definition) is 1. The van der Waals surface area contributed by atoms with Crippen molar-refractivity contribution in [1.82, 2.24) is 0 Å².